The summed E-state index contributed by atoms with van der Waals surface area (Å²) in [6.07, 6.45) is 4.70. The van der Waals surface area contributed by atoms with Crippen LogP contribution in [0.5, 0.6) is 0 Å². The molecule has 4 amide bonds. The van der Waals surface area contributed by atoms with Crippen molar-refractivity contribution in [3.63, 3.8) is 0 Å². The number of rotatable bonds is 6. The molecule has 1 aromatic carbocycles. The lowest BCUT2D eigenvalue weighted by atomic mass is 9.85. The Kier molecular flexibility index (Phi) is 6.06. The maximum Gasteiger partial charge on any atom is 0.326 e. The molecule has 9 nitrogen and oxygen atoms in total. The Labute approximate surface area is 167 Å². The van der Waals surface area contributed by atoms with Crippen LogP contribution in [-0.4, -0.2) is 47.6 Å². The quantitative estimate of drug-likeness (QED) is 0.419. The van der Waals surface area contributed by atoms with Crippen molar-refractivity contribution in [3.8, 4) is 0 Å². The summed E-state index contributed by atoms with van der Waals surface area (Å²) in [6, 6.07) is 6.40. The lowest BCUT2D eigenvalue weighted by Crippen LogP contribution is -2.37. The Balaban J connectivity index is 1.45. The van der Waals surface area contributed by atoms with Gasteiger partial charge in [-0.1, -0.05) is 12.2 Å². The van der Waals surface area contributed by atoms with Crippen molar-refractivity contribution in [3.05, 3.63) is 36.4 Å². The Morgan fingerprint density at radius 1 is 0.966 bits per heavy atom. The van der Waals surface area contributed by atoms with Gasteiger partial charge in [0.15, 0.2) is 6.61 Å². The minimum atomic E-state index is -0.825. The van der Waals surface area contributed by atoms with Crippen LogP contribution in [0.4, 0.5) is 11.4 Å². The highest BCUT2D eigenvalue weighted by Gasteiger charge is 2.47. The predicted octanol–water partition coefficient (Wildman–Crippen LogP) is 1.08. The third-order valence-corrected chi connectivity index (χ3v) is 4.74. The number of carbonyl (C=O) groups is 5. The molecule has 1 aliphatic carbocycles. The molecule has 0 radical (unpaired) electrons. The number of hydrogen-bond donors (Lipinski definition) is 2. The summed E-state index contributed by atoms with van der Waals surface area (Å²) in [7, 11) is 0. The molecular formula is C20H21N3O6. The van der Waals surface area contributed by atoms with E-state index in [1.165, 1.54) is 6.92 Å². The minimum absolute atomic E-state index is 0.209. The number of carbonyl (C=O) groups excluding carboxylic acids is 5. The molecule has 0 saturated carbocycles. The molecule has 0 spiro atoms. The first-order chi connectivity index (χ1) is 13.8. The van der Waals surface area contributed by atoms with Gasteiger partial charge in [0.1, 0.15) is 6.54 Å². The van der Waals surface area contributed by atoms with Crippen LogP contribution in [0.2, 0.25) is 0 Å². The topological polar surface area (TPSA) is 122 Å². The summed E-state index contributed by atoms with van der Waals surface area (Å²) in [5.41, 5.74) is 1.04. The van der Waals surface area contributed by atoms with E-state index >= 15 is 0 Å². The number of allylic oxidation sites excluding steroid dienone is 2. The summed E-state index contributed by atoms with van der Waals surface area (Å²) in [5.74, 6) is -3.17. The Bertz CT molecular complexity index is 851. The number of nitrogens with one attached hydrogen (secondary N) is 2. The van der Waals surface area contributed by atoms with E-state index in [0.717, 1.165) is 4.90 Å². The smallest absolute Gasteiger partial charge is 0.326 e. The highest BCUT2D eigenvalue weighted by atomic mass is 16.5. The highest BCUT2D eigenvalue weighted by Crippen LogP contribution is 2.34. The normalized spacial score (nSPS) is 20.2. The number of fused-ring (bicyclic) bond motifs is 1. The van der Waals surface area contributed by atoms with Crippen LogP contribution in [0, 0.1) is 11.8 Å². The second-order valence-electron chi connectivity index (χ2n) is 6.89. The molecule has 2 N–H and O–H groups in total. The molecular weight excluding hydrogens is 378 g/mol. The van der Waals surface area contributed by atoms with Crippen LogP contribution in [0.3, 0.4) is 0 Å². The van der Waals surface area contributed by atoms with E-state index in [1.807, 2.05) is 12.2 Å². The zero-order valence-electron chi connectivity index (χ0n) is 15.8. The average molecular weight is 399 g/mol. The largest absolute Gasteiger partial charge is 0.454 e. The van der Waals surface area contributed by atoms with E-state index in [2.05, 4.69) is 10.6 Å². The Hall–Kier alpha value is -3.49. The van der Waals surface area contributed by atoms with Crippen molar-refractivity contribution in [2.75, 3.05) is 23.8 Å². The maximum absolute atomic E-state index is 12.3. The monoisotopic (exact) mass is 399 g/mol. The van der Waals surface area contributed by atoms with E-state index in [1.54, 1.807) is 24.3 Å². The second-order valence-corrected chi connectivity index (χ2v) is 6.89. The second kappa shape index (κ2) is 8.68. The van der Waals surface area contributed by atoms with Gasteiger partial charge < -0.3 is 15.4 Å². The van der Waals surface area contributed by atoms with Crippen LogP contribution in [0.15, 0.2) is 36.4 Å². The van der Waals surface area contributed by atoms with E-state index in [4.69, 9.17) is 4.74 Å². The van der Waals surface area contributed by atoms with Crippen LogP contribution in [0.25, 0.3) is 0 Å². The number of ether oxygens (including phenoxy) is 1. The summed E-state index contributed by atoms with van der Waals surface area (Å²) >= 11 is 0. The number of esters is 1. The van der Waals surface area contributed by atoms with Crippen molar-refractivity contribution in [1.29, 1.82) is 0 Å². The van der Waals surface area contributed by atoms with Crippen molar-refractivity contribution < 1.29 is 28.7 Å². The first-order valence-corrected chi connectivity index (χ1v) is 9.18. The standard InChI is InChI=1S/C20H21N3O6/c1-12(24)21-13-6-8-14(9-7-13)22-17(25)11-29-18(26)10-23-19(27)15-4-2-3-5-16(15)20(23)28/h2-3,6-9,15-16H,4-5,10-11H2,1H3,(H,21,24)(H,22,25)/t15-,16-/m1/s1. The van der Waals surface area contributed by atoms with Crippen molar-refractivity contribution in [2.24, 2.45) is 11.8 Å². The van der Waals surface area contributed by atoms with E-state index < -0.39 is 36.9 Å². The predicted molar refractivity (Wildman–Crippen MR) is 102 cm³/mol. The summed E-state index contributed by atoms with van der Waals surface area (Å²) < 4.78 is 4.89. The Morgan fingerprint density at radius 3 is 2.00 bits per heavy atom. The molecule has 1 aromatic rings. The van der Waals surface area contributed by atoms with Crippen LogP contribution in [0.1, 0.15) is 19.8 Å². The number of benzene rings is 1. The average Bonchev–Trinajstić information content (AvgIpc) is 2.93. The first-order valence-electron chi connectivity index (χ1n) is 9.18. The fourth-order valence-corrected chi connectivity index (χ4v) is 3.38. The molecule has 29 heavy (non-hydrogen) atoms. The molecule has 152 valence electrons. The molecule has 9 heteroatoms. The third kappa shape index (κ3) is 4.87. The minimum Gasteiger partial charge on any atom is -0.454 e. The van der Waals surface area contributed by atoms with Gasteiger partial charge in [-0.05, 0) is 37.1 Å². The number of anilines is 2. The lowest BCUT2D eigenvalue weighted by molar-refractivity contribution is -0.154. The van der Waals surface area contributed by atoms with E-state index in [0.29, 0.717) is 24.2 Å². The van der Waals surface area contributed by atoms with Gasteiger partial charge in [0.05, 0.1) is 11.8 Å². The van der Waals surface area contributed by atoms with Crippen molar-refractivity contribution in [2.45, 2.75) is 19.8 Å². The molecule has 0 aromatic heterocycles. The van der Waals surface area contributed by atoms with Crippen molar-refractivity contribution >= 4 is 41.0 Å². The fraction of sp³-hybridized carbons (Fsp3) is 0.350. The zero-order chi connectivity index (χ0) is 21.0. The summed E-state index contributed by atoms with van der Waals surface area (Å²) in [6.45, 7) is 0.346. The van der Waals surface area contributed by atoms with Gasteiger partial charge in [0.25, 0.3) is 5.91 Å². The molecule has 0 unspecified atom stereocenters. The zero-order valence-corrected chi connectivity index (χ0v) is 15.8. The number of imide groups is 1. The summed E-state index contributed by atoms with van der Waals surface area (Å²) in [4.78, 5) is 60.5. The van der Waals surface area contributed by atoms with Crippen LogP contribution in [-0.2, 0) is 28.7 Å². The number of likely N-dealkylation sites (tertiary alicyclic amines) is 1. The van der Waals surface area contributed by atoms with Gasteiger partial charge in [-0.25, -0.2) is 0 Å². The molecule has 2 aliphatic rings. The number of hydrogen-bond acceptors (Lipinski definition) is 6. The van der Waals surface area contributed by atoms with Crippen LogP contribution < -0.4 is 10.6 Å². The lowest BCUT2D eigenvalue weighted by Gasteiger charge is -2.14. The van der Waals surface area contributed by atoms with Gasteiger partial charge in [0, 0.05) is 18.3 Å². The Morgan fingerprint density at radius 2 is 1.48 bits per heavy atom. The van der Waals surface area contributed by atoms with Gasteiger partial charge in [-0.2, -0.15) is 0 Å². The molecule has 0 bridgehead atoms. The molecule has 1 aliphatic heterocycles. The third-order valence-electron chi connectivity index (χ3n) is 4.74. The highest BCUT2D eigenvalue weighted by molar-refractivity contribution is 6.07. The molecule has 3 rings (SSSR count). The first kappa shape index (κ1) is 20.2. The fourth-order valence-electron chi connectivity index (χ4n) is 3.38. The SMILES string of the molecule is CC(=O)Nc1ccc(NC(=O)COC(=O)CN2C(=O)[C@@H]3CC=CC[C@H]3C2=O)cc1. The van der Waals surface area contributed by atoms with Gasteiger partial charge in [0.2, 0.25) is 17.7 Å². The van der Waals surface area contributed by atoms with Gasteiger partial charge >= 0.3 is 5.97 Å². The molecule has 1 heterocycles. The number of amides is 4. The van der Waals surface area contributed by atoms with Gasteiger partial charge in [-0.3, -0.25) is 28.9 Å². The van der Waals surface area contributed by atoms with E-state index in [9.17, 15) is 24.0 Å². The number of nitrogens with zero attached hydrogens (tertiary/aromatic N) is 1. The van der Waals surface area contributed by atoms with E-state index in [-0.39, 0.29) is 17.7 Å². The van der Waals surface area contributed by atoms with Crippen LogP contribution >= 0.6 is 0 Å². The summed E-state index contributed by atoms with van der Waals surface area (Å²) in [5, 5.41) is 5.15. The maximum atomic E-state index is 12.3. The van der Waals surface area contributed by atoms with Gasteiger partial charge in [-0.15, -0.1) is 0 Å². The van der Waals surface area contributed by atoms with Crippen molar-refractivity contribution in [1.82, 2.24) is 4.90 Å². The molecule has 1 fully saturated rings. The molecule has 2 atom stereocenters. The molecule has 1 saturated heterocycles.